The van der Waals surface area contributed by atoms with Crippen molar-refractivity contribution in [2.45, 2.75) is 32.8 Å². The zero-order valence-corrected chi connectivity index (χ0v) is 10.2. The second-order valence-corrected chi connectivity index (χ2v) is 4.46. The Labute approximate surface area is 100 Å². The van der Waals surface area contributed by atoms with E-state index >= 15 is 0 Å². The highest BCUT2D eigenvalue weighted by molar-refractivity contribution is 5.95. The van der Waals surface area contributed by atoms with Gasteiger partial charge in [0.2, 0.25) is 0 Å². The van der Waals surface area contributed by atoms with Gasteiger partial charge in [0, 0.05) is 19.3 Å². The smallest absolute Gasteiger partial charge is 0.257 e. The number of β-amino-alcohol motifs (C(OH)–C–C–N with tert-alkyl or cyclic N) is 1. The number of nitrogens with zero attached hydrogens (tertiary/aromatic N) is 3. The molecule has 1 aliphatic heterocycles. The maximum Gasteiger partial charge on any atom is 0.257 e. The Bertz CT molecular complexity index is 434. The summed E-state index contributed by atoms with van der Waals surface area (Å²) in [6.07, 6.45) is 2.78. The van der Waals surface area contributed by atoms with E-state index in [1.807, 2.05) is 6.92 Å². The molecule has 1 unspecified atom stereocenters. The van der Waals surface area contributed by atoms with Crippen LogP contribution in [-0.2, 0) is 0 Å². The number of hydrogen-bond donors (Lipinski definition) is 1. The zero-order chi connectivity index (χ0) is 12.4. The third-order valence-electron chi connectivity index (χ3n) is 3.01. The van der Waals surface area contributed by atoms with E-state index in [2.05, 4.69) is 9.97 Å². The van der Waals surface area contributed by atoms with Gasteiger partial charge < -0.3 is 10.0 Å². The quantitative estimate of drug-likeness (QED) is 0.777. The number of carbonyl (C=O) groups excluding carboxylic acids is 1. The fourth-order valence-corrected chi connectivity index (χ4v) is 2.10. The van der Waals surface area contributed by atoms with Gasteiger partial charge in [0.05, 0.1) is 17.4 Å². The molecular weight excluding hydrogens is 218 g/mol. The molecule has 1 aromatic rings. The molecule has 1 aromatic heterocycles. The second kappa shape index (κ2) is 4.79. The molecule has 2 rings (SSSR count). The molecule has 1 aliphatic rings. The van der Waals surface area contributed by atoms with Crippen LogP contribution in [0.1, 0.15) is 34.7 Å². The van der Waals surface area contributed by atoms with Crippen molar-refractivity contribution in [2.24, 2.45) is 0 Å². The molecule has 5 heteroatoms. The molecule has 0 radical (unpaired) electrons. The maximum absolute atomic E-state index is 12.2. The van der Waals surface area contributed by atoms with E-state index in [-0.39, 0.29) is 5.91 Å². The Hall–Kier alpha value is -1.49. The summed E-state index contributed by atoms with van der Waals surface area (Å²) in [5.74, 6) is 0.582. The molecule has 1 atom stereocenters. The summed E-state index contributed by atoms with van der Waals surface area (Å²) in [5, 5.41) is 9.56. The first-order valence-corrected chi connectivity index (χ1v) is 5.85. The average Bonchev–Trinajstić information content (AvgIpc) is 2.28. The topological polar surface area (TPSA) is 66.3 Å². The molecule has 17 heavy (non-hydrogen) atoms. The second-order valence-electron chi connectivity index (χ2n) is 4.46. The van der Waals surface area contributed by atoms with Crippen LogP contribution >= 0.6 is 0 Å². The van der Waals surface area contributed by atoms with Gasteiger partial charge in [-0.25, -0.2) is 9.97 Å². The molecule has 1 fully saturated rings. The molecule has 92 valence electrons. The van der Waals surface area contributed by atoms with E-state index in [1.165, 1.54) is 0 Å². The highest BCUT2D eigenvalue weighted by atomic mass is 16.3. The minimum absolute atomic E-state index is 0.0822. The fraction of sp³-hybridized carbons (Fsp3) is 0.583. The lowest BCUT2D eigenvalue weighted by Gasteiger charge is -2.30. The van der Waals surface area contributed by atoms with Crippen LogP contribution < -0.4 is 0 Å². The van der Waals surface area contributed by atoms with Crippen molar-refractivity contribution in [1.29, 1.82) is 0 Å². The Kier molecular flexibility index (Phi) is 3.38. The summed E-state index contributed by atoms with van der Waals surface area (Å²) in [6, 6.07) is 0. The summed E-state index contributed by atoms with van der Waals surface area (Å²) < 4.78 is 0. The first kappa shape index (κ1) is 12.0. The van der Waals surface area contributed by atoms with Crippen molar-refractivity contribution in [3.63, 3.8) is 0 Å². The minimum Gasteiger partial charge on any atom is -0.391 e. The van der Waals surface area contributed by atoms with Gasteiger partial charge >= 0.3 is 0 Å². The van der Waals surface area contributed by atoms with Gasteiger partial charge in [-0.05, 0) is 26.7 Å². The van der Waals surface area contributed by atoms with Crippen molar-refractivity contribution in [3.05, 3.63) is 23.3 Å². The Morgan fingerprint density at radius 3 is 2.94 bits per heavy atom. The van der Waals surface area contributed by atoms with Crippen molar-refractivity contribution in [3.8, 4) is 0 Å². The predicted octanol–water partition coefficient (Wildman–Crippen LogP) is 0.690. The molecule has 0 saturated carbocycles. The number of likely N-dealkylation sites (tertiary alicyclic amines) is 1. The molecule has 1 amide bonds. The summed E-state index contributed by atoms with van der Waals surface area (Å²) >= 11 is 0. The van der Waals surface area contributed by atoms with Crippen molar-refractivity contribution in [1.82, 2.24) is 14.9 Å². The maximum atomic E-state index is 12.2. The van der Waals surface area contributed by atoms with Crippen molar-refractivity contribution in [2.75, 3.05) is 13.1 Å². The first-order valence-electron chi connectivity index (χ1n) is 5.85. The first-order chi connectivity index (χ1) is 8.08. The molecule has 0 spiro atoms. The number of rotatable bonds is 1. The van der Waals surface area contributed by atoms with Crippen LogP contribution in [0, 0.1) is 13.8 Å². The molecule has 2 heterocycles. The van der Waals surface area contributed by atoms with Crippen molar-refractivity contribution < 1.29 is 9.90 Å². The third kappa shape index (κ3) is 2.61. The van der Waals surface area contributed by atoms with Gasteiger partial charge in [0.1, 0.15) is 5.82 Å². The number of hydrogen-bond acceptors (Lipinski definition) is 4. The third-order valence-corrected chi connectivity index (χ3v) is 3.01. The zero-order valence-electron chi connectivity index (χ0n) is 10.2. The van der Waals surface area contributed by atoms with Gasteiger partial charge in [-0.3, -0.25) is 4.79 Å². The molecule has 0 bridgehead atoms. The van der Waals surface area contributed by atoms with Gasteiger partial charge in [0.15, 0.2) is 0 Å². The molecule has 5 nitrogen and oxygen atoms in total. The monoisotopic (exact) mass is 235 g/mol. The van der Waals surface area contributed by atoms with Crippen LogP contribution in [0.15, 0.2) is 6.20 Å². The Balaban J connectivity index is 2.18. The molecular formula is C12H17N3O2. The molecule has 0 aliphatic carbocycles. The summed E-state index contributed by atoms with van der Waals surface area (Å²) in [5.41, 5.74) is 1.23. The van der Waals surface area contributed by atoms with Crippen LogP contribution in [0.2, 0.25) is 0 Å². The van der Waals surface area contributed by atoms with E-state index in [4.69, 9.17) is 0 Å². The molecule has 0 aromatic carbocycles. The number of amides is 1. The Morgan fingerprint density at radius 2 is 2.29 bits per heavy atom. The highest BCUT2D eigenvalue weighted by Crippen LogP contribution is 2.14. The number of aromatic nitrogens is 2. The number of aliphatic hydroxyl groups is 1. The van der Waals surface area contributed by atoms with Gasteiger partial charge in [0.25, 0.3) is 5.91 Å². The minimum atomic E-state index is -0.403. The molecule has 1 saturated heterocycles. The van der Waals surface area contributed by atoms with Crippen LogP contribution in [-0.4, -0.2) is 45.1 Å². The van der Waals surface area contributed by atoms with Gasteiger partial charge in [-0.2, -0.15) is 0 Å². The number of piperidine rings is 1. The lowest BCUT2D eigenvalue weighted by atomic mass is 10.1. The van der Waals surface area contributed by atoms with E-state index in [1.54, 1.807) is 18.0 Å². The number of carbonyl (C=O) groups is 1. The van der Waals surface area contributed by atoms with Gasteiger partial charge in [-0.15, -0.1) is 0 Å². The largest absolute Gasteiger partial charge is 0.391 e. The predicted molar refractivity (Wildman–Crippen MR) is 62.7 cm³/mol. The highest BCUT2D eigenvalue weighted by Gasteiger charge is 2.24. The summed E-state index contributed by atoms with van der Waals surface area (Å²) in [6.45, 7) is 4.71. The number of aryl methyl sites for hydroxylation is 2. The van der Waals surface area contributed by atoms with E-state index < -0.39 is 6.10 Å². The SMILES string of the molecule is Cc1ncc(C(=O)N2CCCC(O)C2)c(C)n1. The van der Waals surface area contributed by atoms with Crippen LogP contribution in [0.25, 0.3) is 0 Å². The standard InChI is InChI=1S/C12H17N3O2/c1-8-11(6-13-9(2)14-8)12(17)15-5-3-4-10(16)7-15/h6,10,16H,3-5,7H2,1-2H3. The van der Waals surface area contributed by atoms with Crippen molar-refractivity contribution >= 4 is 5.91 Å². The molecule has 1 N–H and O–H groups in total. The van der Waals surface area contributed by atoms with Crippen LogP contribution in [0.4, 0.5) is 0 Å². The van der Waals surface area contributed by atoms with E-state index in [9.17, 15) is 9.90 Å². The lowest BCUT2D eigenvalue weighted by Crippen LogP contribution is -2.42. The lowest BCUT2D eigenvalue weighted by molar-refractivity contribution is 0.0472. The van der Waals surface area contributed by atoms with Gasteiger partial charge in [-0.1, -0.05) is 0 Å². The van der Waals surface area contributed by atoms with E-state index in [0.717, 1.165) is 12.8 Å². The average molecular weight is 235 g/mol. The Morgan fingerprint density at radius 1 is 1.53 bits per heavy atom. The van der Waals surface area contributed by atoms with Crippen LogP contribution in [0.5, 0.6) is 0 Å². The normalized spacial score (nSPS) is 20.4. The summed E-state index contributed by atoms with van der Waals surface area (Å²) in [4.78, 5) is 22.1. The van der Waals surface area contributed by atoms with Crippen LogP contribution in [0.3, 0.4) is 0 Å². The summed E-state index contributed by atoms with van der Waals surface area (Å²) in [7, 11) is 0. The number of aliphatic hydroxyl groups excluding tert-OH is 1. The fourth-order valence-electron chi connectivity index (χ4n) is 2.10. The van der Waals surface area contributed by atoms with E-state index in [0.29, 0.717) is 30.2 Å².